The average Bonchev–Trinajstić information content (AvgIpc) is 3.11. The summed E-state index contributed by atoms with van der Waals surface area (Å²) in [4.78, 5) is 29.1. The number of aliphatic imine (C=N–C) groups is 1. The lowest BCUT2D eigenvalue weighted by Gasteiger charge is -2.10. The van der Waals surface area contributed by atoms with Crippen molar-refractivity contribution in [2.75, 3.05) is 13.9 Å². The van der Waals surface area contributed by atoms with E-state index < -0.39 is 11.9 Å². The third-order valence-corrected chi connectivity index (χ3v) is 4.26. The van der Waals surface area contributed by atoms with Gasteiger partial charge in [0, 0.05) is 17.8 Å². The number of aryl methyl sites for hydroxylation is 2. The summed E-state index contributed by atoms with van der Waals surface area (Å²) in [6, 6.07) is 10.5. The van der Waals surface area contributed by atoms with Crippen LogP contribution in [0.25, 0.3) is 0 Å². The molecule has 0 saturated carbocycles. The highest BCUT2D eigenvalue weighted by atomic mass is 16.7. The first-order chi connectivity index (χ1) is 12.5. The molecular weight excluding hydrogens is 334 g/mol. The Labute approximate surface area is 151 Å². The van der Waals surface area contributed by atoms with Gasteiger partial charge in [0.15, 0.2) is 23.2 Å². The van der Waals surface area contributed by atoms with Gasteiger partial charge in [0.25, 0.3) is 0 Å². The van der Waals surface area contributed by atoms with Gasteiger partial charge in [-0.3, -0.25) is 14.6 Å². The van der Waals surface area contributed by atoms with Crippen LogP contribution in [-0.2, 0) is 9.53 Å². The van der Waals surface area contributed by atoms with Crippen molar-refractivity contribution in [3.63, 3.8) is 0 Å². The molecule has 1 unspecified atom stereocenters. The summed E-state index contributed by atoms with van der Waals surface area (Å²) < 4.78 is 15.3. The lowest BCUT2D eigenvalue weighted by atomic mass is 9.96. The van der Waals surface area contributed by atoms with Gasteiger partial charge in [-0.05, 0) is 43.2 Å². The van der Waals surface area contributed by atoms with Crippen molar-refractivity contribution >= 4 is 23.7 Å². The van der Waals surface area contributed by atoms with Crippen LogP contribution >= 0.6 is 0 Å². The molecule has 3 rings (SSSR count). The largest absolute Gasteiger partial charge is 0.468 e. The number of benzene rings is 2. The molecule has 1 atom stereocenters. The van der Waals surface area contributed by atoms with Gasteiger partial charge >= 0.3 is 5.97 Å². The van der Waals surface area contributed by atoms with Crippen LogP contribution in [0.4, 0.5) is 5.69 Å². The predicted molar refractivity (Wildman–Crippen MR) is 96.5 cm³/mol. The summed E-state index contributed by atoms with van der Waals surface area (Å²) in [6.07, 6.45) is 1.31. The monoisotopic (exact) mass is 353 g/mol. The predicted octanol–water partition coefficient (Wildman–Crippen LogP) is 3.41. The number of fused-ring (bicyclic) bond motifs is 1. The number of carbonyl (C=O) groups excluding carboxylic acids is 2. The number of ether oxygens (including phenoxy) is 3. The normalized spacial score (nSPS) is 13.7. The van der Waals surface area contributed by atoms with Gasteiger partial charge in [0.2, 0.25) is 6.79 Å². The van der Waals surface area contributed by atoms with Gasteiger partial charge in [-0.25, -0.2) is 0 Å². The Hall–Kier alpha value is -3.15. The molecule has 1 aliphatic heterocycles. The second-order valence-corrected chi connectivity index (χ2v) is 5.98. The van der Waals surface area contributed by atoms with Crippen molar-refractivity contribution in [1.29, 1.82) is 0 Å². The van der Waals surface area contributed by atoms with Gasteiger partial charge in [0.05, 0.1) is 12.8 Å². The van der Waals surface area contributed by atoms with Crippen LogP contribution in [0.15, 0.2) is 41.4 Å². The summed E-state index contributed by atoms with van der Waals surface area (Å²) in [5.41, 5.74) is 3.05. The maximum absolute atomic E-state index is 12.8. The highest BCUT2D eigenvalue weighted by Gasteiger charge is 2.27. The minimum absolute atomic E-state index is 0.165. The van der Waals surface area contributed by atoms with E-state index in [1.807, 2.05) is 19.9 Å². The molecule has 0 N–H and O–H groups in total. The molecule has 6 heteroatoms. The van der Waals surface area contributed by atoms with Gasteiger partial charge < -0.3 is 14.2 Å². The molecule has 0 aromatic heterocycles. The maximum atomic E-state index is 12.8. The Balaban J connectivity index is 1.87. The molecule has 2 aromatic rings. The highest BCUT2D eigenvalue weighted by Crippen LogP contribution is 2.35. The first-order valence-electron chi connectivity index (χ1n) is 8.12. The van der Waals surface area contributed by atoms with E-state index in [1.165, 1.54) is 13.3 Å². The average molecular weight is 353 g/mol. The molecule has 0 fully saturated rings. The Morgan fingerprint density at radius 3 is 2.58 bits per heavy atom. The topological polar surface area (TPSA) is 74.2 Å². The number of methoxy groups -OCH3 is 1. The standard InChI is InChI=1S/C20H19NO5/c1-12-4-5-14(8-13(12)2)19(22)16(20(23)24-3)10-21-15-6-7-17-18(9-15)26-11-25-17/h4-10,16H,11H2,1-3H3. The van der Waals surface area contributed by atoms with Gasteiger partial charge in [-0.15, -0.1) is 0 Å². The number of hydrogen-bond acceptors (Lipinski definition) is 6. The molecule has 0 saturated heterocycles. The van der Waals surface area contributed by atoms with Crippen LogP contribution in [-0.4, -0.2) is 31.9 Å². The number of carbonyl (C=O) groups is 2. The van der Waals surface area contributed by atoms with Crippen molar-refractivity contribution in [2.45, 2.75) is 13.8 Å². The van der Waals surface area contributed by atoms with Gasteiger partial charge in [-0.1, -0.05) is 12.1 Å². The lowest BCUT2D eigenvalue weighted by Crippen LogP contribution is -2.27. The minimum Gasteiger partial charge on any atom is -0.468 e. The Morgan fingerprint density at radius 2 is 1.85 bits per heavy atom. The van der Waals surface area contributed by atoms with Crippen LogP contribution in [0.2, 0.25) is 0 Å². The van der Waals surface area contributed by atoms with E-state index >= 15 is 0 Å². The number of Topliss-reactive ketones (excluding diaryl/α,β-unsaturated/α-hetero) is 1. The van der Waals surface area contributed by atoms with E-state index in [-0.39, 0.29) is 12.6 Å². The van der Waals surface area contributed by atoms with Crippen LogP contribution in [0.5, 0.6) is 11.5 Å². The molecule has 0 aliphatic carbocycles. The summed E-state index contributed by atoms with van der Waals surface area (Å²) in [6.45, 7) is 4.04. The van der Waals surface area contributed by atoms with Crippen LogP contribution in [0.1, 0.15) is 21.5 Å². The molecule has 0 spiro atoms. The zero-order valence-corrected chi connectivity index (χ0v) is 14.8. The summed E-state index contributed by atoms with van der Waals surface area (Å²) in [5.74, 6) is -0.913. The second-order valence-electron chi connectivity index (χ2n) is 5.98. The number of esters is 1. The minimum atomic E-state index is -1.12. The summed E-state index contributed by atoms with van der Waals surface area (Å²) in [7, 11) is 1.25. The van der Waals surface area contributed by atoms with Crippen molar-refractivity contribution in [3.05, 3.63) is 53.1 Å². The third kappa shape index (κ3) is 3.59. The molecule has 2 aromatic carbocycles. The fraction of sp³-hybridized carbons (Fsp3) is 0.250. The van der Waals surface area contributed by atoms with Crippen LogP contribution < -0.4 is 9.47 Å². The van der Waals surface area contributed by atoms with Crippen molar-refractivity contribution in [1.82, 2.24) is 0 Å². The zero-order valence-electron chi connectivity index (χ0n) is 14.8. The van der Waals surface area contributed by atoms with Crippen molar-refractivity contribution in [2.24, 2.45) is 10.9 Å². The quantitative estimate of drug-likeness (QED) is 0.356. The van der Waals surface area contributed by atoms with E-state index in [1.54, 1.807) is 30.3 Å². The summed E-state index contributed by atoms with van der Waals surface area (Å²) in [5, 5.41) is 0. The van der Waals surface area contributed by atoms with E-state index in [2.05, 4.69) is 4.99 Å². The van der Waals surface area contributed by atoms with E-state index in [0.717, 1.165) is 11.1 Å². The van der Waals surface area contributed by atoms with Gasteiger partial charge in [0.1, 0.15) is 0 Å². The molecule has 0 bridgehead atoms. The number of rotatable bonds is 5. The molecule has 6 nitrogen and oxygen atoms in total. The molecule has 0 radical (unpaired) electrons. The van der Waals surface area contributed by atoms with E-state index in [0.29, 0.717) is 22.7 Å². The van der Waals surface area contributed by atoms with Crippen LogP contribution in [0.3, 0.4) is 0 Å². The maximum Gasteiger partial charge on any atom is 0.322 e. The van der Waals surface area contributed by atoms with Gasteiger partial charge in [-0.2, -0.15) is 0 Å². The zero-order chi connectivity index (χ0) is 18.7. The Bertz CT molecular complexity index is 888. The summed E-state index contributed by atoms with van der Waals surface area (Å²) >= 11 is 0. The highest BCUT2D eigenvalue weighted by molar-refractivity contribution is 6.18. The molecular formula is C20H19NO5. The van der Waals surface area contributed by atoms with Crippen molar-refractivity contribution < 1.29 is 23.8 Å². The third-order valence-electron chi connectivity index (χ3n) is 4.26. The van der Waals surface area contributed by atoms with E-state index in [4.69, 9.17) is 14.2 Å². The molecule has 1 heterocycles. The molecule has 26 heavy (non-hydrogen) atoms. The fourth-order valence-corrected chi connectivity index (χ4v) is 2.56. The SMILES string of the molecule is COC(=O)C(C=Nc1ccc2c(c1)OCO2)C(=O)c1ccc(C)c(C)c1. The second kappa shape index (κ2) is 7.39. The molecule has 0 amide bonds. The lowest BCUT2D eigenvalue weighted by molar-refractivity contribution is -0.141. The Kier molecular flexibility index (Phi) is 5.02. The smallest absolute Gasteiger partial charge is 0.322 e. The molecule has 134 valence electrons. The first kappa shape index (κ1) is 17.7. The van der Waals surface area contributed by atoms with E-state index in [9.17, 15) is 9.59 Å². The molecule has 1 aliphatic rings. The van der Waals surface area contributed by atoms with Crippen molar-refractivity contribution in [3.8, 4) is 11.5 Å². The number of nitrogens with zero attached hydrogens (tertiary/aromatic N) is 1. The van der Waals surface area contributed by atoms with Crippen LogP contribution in [0, 0.1) is 19.8 Å². The fourth-order valence-electron chi connectivity index (χ4n) is 2.56. The Morgan fingerprint density at radius 1 is 1.08 bits per heavy atom. The number of hydrogen-bond donors (Lipinski definition) is 0. The number of ketones is 1. The first-order valence-corrected chi connectivity index (χ1v) is 8.12.